The number of unbranched alkanes of at least 4 members (excludes halogenated alkanes) is 23. The summed E-state index contributed by atoms with van der Waals surface area (Å²) >= 11 is 0. The fourth-order valence-electron chi connectivity index (χ4n) is 7.35. The predicted octanol–water partition coefficient (Wildman–Crippen LogP) is 11.8. The third-order valence-electron chi connectivity index (χ3n) is 11.2. The van der Waals surface area contributed by atoms with Gasteiger partial charge in [0, 0.05) is 25.5 Å². The molecule has 2 N–H and O–H groups in total. The molecule has 1 saturated heterocycles. The number of alkyl halides is 2. The molecule has 18 heteroatoms. The molecular weight excluding hydrogens is 855 g/mol. The quantitative estimate of drug-likeness (QED) is 0.0215. The topological polar surface area (TPSA) is 194 Å². The Labute approximate surface area is 380 Å². The van der Waals surface area contributed by atoms with Gasteiger partial charge in [-0.3, -0.25) is 23.5 Å². The Morgan fingerprint density at radius 1 is 0.656 bits per heavy atom. The predicted molar refractivity (Wildman–Crippen MR) is 240 cm³/mol. The molecule has 1 fully saturated rings. The molecule has 1 aromatic rings. The minimum absolute atomic E-state index is 0.0791. The normalized spacial score (nSPS) is 17.1. The first-order valence-corrected chi connectivity index (χ1v) is 25.7. The largest absolute Gasteiger partial charge is 0.480 e. The van der Waals surface area contributed by atoms with Gasteiger partial charge in [0.2, 0.25) is 19.8 Å². The minimum Gasteiger partial charge on any atom is -0.453 e. The maximum atomic E-state index is 16.2. The van der Waals surface area contributed by atoms with E-state index in [-0.39, 0.29) is 25.1 Å². The first kappa shape index (κ1) is 57.1. The summed E-state index contributed by atoms with van der Waals surface area (Å²) in [6.45, 7) is 3.66. The summed E-state index contributed by atoms with van der Waals surface area (Å²) in [6, 6.07) is 1.12. The number of phosphoric ester groups is 1. The van der Waals surface area contributed by atoms with Gasteiger partial charge in [0.05, 0.1) is 6.61 Å². The summed E-state index contributed by atoms with van der Waals surface area (Å²) in [5.41, 5.74) is 4.43. The zero-order chi connectivity index (χ0) is 46.9. The van der Waals surface area contributed by atoms with Crippen LogP contribution in [0.5, 0.6) is 0 Å². The molecule has 3 atom stereocenters. The van der Waals surface area contributed by atoms with Gasteiger partial charge in [-0.25, -0.2) is 18.4 Å². The third kappa shape index (κ3) is 24.5. The smallest absolute Gasteiger partial charge is 0.453 e. The number of nitrogens with two attached hydrogens (primary N) is 1. The molecular formula is C46H80F2N3O12P. The number of halogens is 2. The van der Waals surface area contributed by atoms with Crippen molar-refractivity contribution >= 4 is 31.5 Å². The molecule has 1 aliphatic heterocycles. The molecule has 64 heavy (non-hydrogen) atoms. The molecule has 0 aromatic carbocycles. The summed E-state index contributed by atoms with van der Waals surface area (Å²) in [6.07, 6.45) is 21.2. The van der Waals surface area contributed by atoms with Gasteiger partial charge in [0.25, 0.3) is 0 Å². The third-order valence-corrected chi connectivity index (χ3v) is 12.5. The van der Waals surface area contributed by atoms with E-state index >= 15 is 8.78 Å². The lowest BCUT2D eigenvalue weighted by Crippen LogP contribution is -2.44. The number of phosphoric acid groups is 1. The summed E-state index contributed by atoms with van der Waals surface area (Å²) in [5, 5.41) is 0. The van der Waals surface area contributed by atoms with Crippen molar-refractivity contribution < 1.29 is 60.2 Å². The van der Waals surface area contributed by atoms with E-state index in [1.165, 1.54) is 51.4 Å². The van der Waals surface area contributed by atoms with Gasteiger partial charge in [0.15, 0.2) is 6.10 Å². The number of rotatable bonds is 40. The Kier molecular flexibility index (Phi) is 30.7. The van der Waals surface area contributed by atoms with Crippen LogP contribution in [0, 0.1) is 0 Å². The van der Waals surface area contributed by atoms with Crippen LogP contribution in [-0.2, 0) is 51.5 Å². The summed E-state index contributed by atoms with van der Waals surface area (Å²) < 4.78 is 83.8. The number of carbonyl (C=O) groups excluding carboxylic acids is 3. The van der Waals surface area contributed by atoms with Gasteiger partial charge < -0.3 is 24.7 Å². The number of hydrogen-bond donors (Lipinski definition) is 1. The van der Waals surface area contributed by atoms with Crippen molar-refractivity contribution in [3.63, 3.8) is 0 Å². The maximum absolute atomic E-state index is 16.2. The molecule has 2 heterocycles. The lowest BCUT2D eigenvalue weighted by Gasteiger charge is -2.25. The highest BCUT2D eigenvalue weighted by Gasteiger charge is 2.63. The Hall–Kier alpha value is -2.98. The number of ether oxygens (including phenoxy) is 4. The van der Waals surface area contributed by atoms with Gasteiger partial charge in [-0.15, -0.1) is 0 Å². The lowest BCUT2D eigenvalue weighted by molar-refractivity contribution is -0.176. The van der Waals surface area contributed by atoms with Crippen LogP contribution >= 0.6 is 7.82 Å². The number of nitrogen functional groups attached to an aromatic ring is 1. The van der Waals surface area contributed by atoms with E-state index in [2.05, 4.69) is 25.8 Å². The van der Waals surface area contributed by atoms with Crippen molar-refractivity contribution in [2.24, 2.45) is 0 Å². The maximum Gasteiger partial charge on any atom is 0.480 e. The van der Waals surface area contributed by atoms with Gasteiger partial charge in [0.1, 0.15) is 11.9 Å². The van der Waals surface area contributed by atoms with Crippen LogP contribution in [0.15, 0.2) is 17.1 Å². The van der Waals surface area contributed by atoms with Crippen molar-refractivity contribution in [3.8, 4) is 0 Å². The van der Waals surface area contributed by atoms with E-state index < -0.39 is 76.0 Å². The van der Waals surface area contributed by atoms with E-state index in [1.807, 2.05) is 0 Å². The van der Waals surface area contributed by atoms with Crippen LogP contribution in [0.1, 0.15) is 213 Å². The van der Waals surface area contributed by atoms with E-state index in [4.69, 9.17) is 38.3 Å². The Bertz CT molecular complexity index is 1500. The average Bonchev–Trinajstić information content (AvgIpc) is 3.50. The van der Waals surface area contributed by atoms with Crippen molar-refractivity contribution in [1.82, 2.24) is 9.55 Å². The van der Waals surface area contributed by atoms with Gasteiger partial charge in [-0.1, -0.05) is 168 Å². The number of aromatic nitrogens is 2. The number of nitrogens with zero attached hydrogens (tertiary/aromatic N) is 2. The standard InChI is InChI=1S/C46H80F2N3O12P/c1-4-7-10-13-16-17-18-19-20-21-22-23-26-29-32-42(54)63-43-38(62-44(46(43,47)48)51-34-33-39(49)50-45(51)55)35-59-64(56,60-36-57-40(52)30-27-24-14-11-8-5-2)61-37-58-41(53)31-28-25-15-12-9-6-3/h33-34,38,43-44H,4-32,35-37H2,1-3H3,(H2,49,50,55)/t38-,43-,44-/m1/s1. The van der Waals surface area contributed by atoms with Gasteiger partial charge in [-0.05, 0) is 25.3 Å². The van der Waals surface area contributed by atoms with Crippen LogP contribution in [0.3, 0.4) is 0 Å². The molecule has 0 aliphatic carbocycles. The highest BCUT2D eigenvalue weighted by Crippen LogP contribution is 2.51. The average molecular weight is 936 g/mol. The van der Waals surface area contributed by atoms with Gasteiger partial charge in [-0.2, -0.15) is 13.8 Å². The number of esters is 3. The summed E-state index contributed by atoms with van der Waals surface area (Å²) in [5.74, 6) is -6.44. The fourth-order valence-corrected chi connectivity index (χ4v) is 8.27. The molecule has 1 aromatic heterocycles. The van der Waals surface area contributed by atoms with Crippen LogP contribution in [0.2, 0.25) is 0 Å². The molecule has 0 radical (unpaired) electrons. The van der Waals surface area contributed by atoms with E-state index in [9.17, 15) is 23.7 Å². The molecule has 370 valence electrons. The molecule has 0 spiro atoms. The highest BCUT2D eigenvalue weighted by atomic mass is 31.2. The van der Waals surface area contributed by atoms with E-state index in [0.717, 1.165) is 102 Å². The first-order valence-electron chi connectivity index (χ1n) is 24.3. The molecule has 0 amide bonds. The summed E-state index contributed by atoms with van der Waals surface area (Å²) in [4.78, 5) is 54.0. The second kappa shape index (κ2) is 34.3. The van der Waals surface area contributed by atoms with Crippen molar-refractivity contribution in [1.29, 1.82) is 0 Å². The van der Waals surface area contributed by atoms with Crippen molar-refractivity contribution in [2.75, 3.05) is 25.9 Å². The Morgan fingerprint density at radius 2 is 1.05 bits per heavy atom. The van der Waals surface area contributed by atoms with Crippen LogP contribution < -0.4 is 11.4 Å². The minimum atomic E-state index is -4.85. The molecule has 2 rings (SSSR count). The first-order chi connectivity index (χ1) is 30.9. The fraction of sp³-hybridized carbons (Fsp3) is 0.848. The van der Waals surface area contributed by atoms with Crippen LogP contribution in [-0.4, -0.2) is 65.8 Å². The van der Waals surface area contributed by atoms with E-state index in [1.54, 1.807) is 0 Å². The SMILES string of the molecule is CCCCCCCCCCCCCCCCC(=O)O[C@@H]1[C@@H](COP(=O)(OCOC(=O)CCCCCCCC)OCOC(=O)CCCCCCCC)O[C@@H](n2ccc(N)nc2=O)C1(F)F. The molecule has 0 bridgehead atoms. The summed E-state index contributed by atoms with van der Waals surface area (Å²) in [7, 11) is -4.85. The zero-order valence-electron chi connectivity index (χ0n) is 39.1. The van der Waals surface area contributed by atoms with Crippen molar-refractivity contribution in [3.05, 3.63) is 22.7 Å². The molecule has 0 unspecified atom stereocenters. The number of hydrogen-bond acceptors (Lipinski definition) is 14. The lowest BCUT2D eigenvalue weighted by atomic mass is 10.0. The molecule has 0 saturated carbocycles. The monoisotopic (exact) mass is 936 g/mol. The molecule has 1 aliphatic rings. The van der Waals surface area contributed by atoms with Gasteiger partial charge >= 0.3 is 37.3 Å². The van der Waals surface area contributed by atoms with Crippen LogP contribution in [0.25, 0.3) is 0 Å². The second-order valence-corrected chi connectivity index (χ2v) is 18.5. The number of anilines is 1. The number of carbonyl (C=O) groups is 3. The Balaban J connectivity index is 2.05. The second-order valence-electron chi connectivity index (χ2n) is 16.8. The van der Waals surface area contributed by atoms with Crippen molar-refractivity contribution in [2.45, 2.75) is 231 Å². The zero-order valence-corrected chi connectivity index (χ0v) is 40.0. The molecule has 15 nitrogen and oxygen atoms in total. The van der Waals surface area contributed by atoms with E-state index in [0.29, 0.717) is 30.3 Å². The Morgan fingerprint density at radius 3 is 1.45 bits per heavy atom. The highest BCUT2D eigenvalue weighted by molar-refractivity contribution is 7.48. The van der Waals surface area contributed by atoms with Crippen LogP contribution in [0.4, 0.5) is 14.6 Å².